The monoisotopic (exact) mass is 1670 g/mol. The Bertz CT molecular complexity index is 4600. The summed E-state index contributed by atoms with van der Waals surface area (Å²) in [5.74, 6) is 1.76. The van der Waals surface area contributed by atoms with Crippen molar-refractivity contribution in [1.29, 1.82) is 0 Å². The molecule has 0 spiro atoms. The average molecular weight is 1670 g/mol. The molecule has 0 heterocycles. The van der Waals surface area contributed by atoms with Crippen molar-refractivity contribution in [3.63, 3.8) is 0 Å². The van der Waals surface area contributed by atoms with E-state index in [1.165, 1.54) is 161 Å². The minimum atomic E-state index is 0. The SMILES string of the molecule is C.C.CCC.Cc1ccc(-c2ccc(C)cc2)cc1.Cc1ccc(C(C)(C)c2ccc(C)cc2)cc1.Cc1ccc(C)cc1.Cc1ccc(C)cc1.Cc1ccc(Cc2ccc(C)cc2)cc1.Cc1ccc(Oc2ccc(C)cc2)cc1.Cc1ccc(Sc2ccc(C)cc2)cc1.Cc1ccc2cc(C)ccc2c1.Cc1cccc(C)c1.[CH3-].[Y]. The minimum absolute atomic E-state index is 0. The van der Waals surface area contributed by atoms with Gasteiger partial charge in [-0.3, -0.25) is 0 Å². The van der Waals surface area contributed by atoms with Crippen LogP contribution in [0.25, 0.3) is 21.9 Å². The first-order chi connectivity index (χ1) is 55.0. The molecule has 15 rings (SSSR count). The van der Waals surface area contributed by atoms with Crippen LogP contribution in [0, 0.1) is 132 Å². The molecule has 0 aliphatic carbocycles. The van der Waals surface area contributed by atoms with Gasteiger partial charge in [0.2, 0.25) is 0 Å². The summed E-state index contributed by atoms with van der Waals surface area (Å²) in [5, 5.41) is 2.67. The first-order valence-electron chi connectivity index (χ1n) is 40.6. The molecular weight excluding hydrogens is 1530 g/mol. The first kappa shape index (κ1) is 105. The van der Waals surface area contributed by atoms with Gasteiger partial charge in [-0.1, -0.05) is 464 Å². The smallest absolute Gasteiger partial charge is 0.127 e. The summed E-state index contributed by atoms with van der Waals surface area (Å²) in [5.41, 5.74) is 31.8. The van der Waals surface area contributed by atoms with Gasteiger partial charge in [-0.2, -0.15) is 0 Å². The van der Waals surface area contributed by atoms with E-state index in [4.69, 9.17) is 4.74 Å². The quantitative estimate of drug-likeness (QED) is 0.133. The fourth-order valence-electron chi connectivity index (χ4n) is 11.5. The number of ether oxygens (including phenoxy) is 1. The van der Waals surface area contributed by atoms with Gasteiger partial charge in [0.1, 0.15) is 11.5 Å². The van der Waals surface area contributed by atoms with Crippen LogP contribution in [0.15, 0.2) is 362 Å². The van der Waals surface area contributed by atoms with Gasteiger partial charge in [0.15, 0.2) is 0 Å². The Kier molecular flexibility index (Phi) is 49.6. The molecule has 0 unspecified atom stereocenters. The van der Waals surface area contributed by atoms with Crippen molar-refractivity contribution >= 4 is 22.5 Å². The summed E-state index contributed by atoms with van der Waals surface area (Å²) in [6.07, 6.45) is 2.28. The standard InChI is InChI=1S/C17H20.C15H16.C14H14O.C14H14S.C14H14.C12H12.3C8H10.C3H8.2CH4.CH3.Y/c1-13-5-9-15(10-6-13)17(3,4)16-11-7-14(2)8-12-16;1-12-3-7-14(8-4-12)11-15-9-5-13(2)6-10-15;2*1-11-3-7-13(8-4-11)15-14-9-5-12(2)6-10-14;1-11-3-7-13(8-4-11)14-9-5-12(2)6-10-14;1-9-3-5-12-8-10(2)4-6-11(12)7-9;2*1-7-3-5-8(2)6-4-7;1-7-4-3-5-8(2)6-7;1-3-2;;;;/h5-12H,1-4H3;3-10H,11H2,1-2H3;2*3-10H,1-2H3;3-10H,1-2H3;3-8H,1-2H3;3*3-6H,1-2H3;3H2,1-2H3;2*1H4;1H3;/q;;;;;;;;;;;;-1;. The summed E-state index contributed by atoms with van der Waals surface area (Å²) in [6.45, 7) is 46.7. The Morgan fingerprint density at radius 3 is 0.664 bits per heavy atom. The molecule has 119 heavy (non-hydrogen) atoms. The van der Waals surface area contributed by atoms with E-state index in [-0.39, 0.29) is 60.4 Å². The molecule has 1 radical (unpaired) electrons. The van der Waals surface area contributed by atoms with E-state index in [0.717, 1.165) is 17.9 Å². The van der Waals surface area contributed by atoms with Crippen LogP contribution in [0.1, 0.15) is 171 Å². The Balaban J connectivity index is 0.000000454. The summed E-state index contributed by atoms with van der Waals surface area (Å²) < 4.78 is 5.69. The predicted molar refractivity (Wildman–Crippen MR) is 527 cm³/mol. The van der Waals surface area contributed by atoms with Gasteiger partial charge < -0.3 is 12.2 Å². The molecule has 0 fully saturated rings. The molecule has 0 saturated carbocycles. The summed E-state index contributed by atoms with van der Waals surface area (Å²) in [6, 6.07) is 124. The van der Waals surface area contributed by atoms with E-state index in [1.54, 1.807) is 11.8 Å². The Labute approximate surface area is 753 Å². The molecule has 0 amide bonds. The van der Waals surface area contributed by atoms with E-state index >= 15 is 0 Å². The van der Waals surface area contributed by atoms with Gasteiger partial charge >= 0.3 is 0 Å². The van der Waals surface area contributed by atoms with E-state index in [9.17, 15) is 0 Å². The molecule has 15 aromatic rings. The normalized spacial score (nSPS) is 9.76. The van der Waals surface area contributed by atoms with Gasteiger partial charge in [-0.05, 0) is 224 Å². The molecule has 1 nitrogen and oxygen atoms in total. The zero-order valence-electron chi connectivity index (χ0n) is 74.8. The second-order valence-corrected chi connectivity index (χ2v) is 32.4. The van der Waals surface area contributed by atoms with Crippen LogP contribution < -0.4 is 4.74 Å². The fourth-order valence-corrected chi connectivity index (χ4v) is 12.3. The molecule has 0 N–H and O–H groups in total. The predicted octanol–water partition coefficient (Wildman–Crippen LogP) is 34.5. The largest absolute Gasteiger partial charge is 0.457 e. The van der Waals surface area contributed by atoms with E-state index < -0.39 is 0 Å². The second kappa shape index (κ2) is 56.3. The van der Waals surface area contributed by atoms with Crippen LogP contribution in [0.4, 0.5) is 0 Å². The fraction of sp³-hybridized carbons (Fsp3) is 0.233. The third-order valence-electron chi connectivity index (χ3n) is 18.9. The molecule has 0 aliphatic heterocycles. The average Bonchev–Trinajstić information content (AvgIpc) is 0.803. The van der Waals surface area contributed by atoms with Crippen molar-refractivity contribution in [2.45, 2.75) is 195 Å². The van der Waals surface area contributed by atoms with Crippen LogP contribution in [-0.4, -0.2) is 0 Å². The van der Waals surface area contributed by atoms with Gasteiger partial charge in [0.05, 0.1) is 0 Å². The zero-order valence-corrected chi connectivity index (χ0v) is 78.4. The Hall–Kier alpha value is -10.2. The molecule has 0 aromatic heterocycles. The van der Waals surface area contributed by atoms with E-state index in [1.807, 2.05) is 48.5 Å². The molecule has 0 aliphatic rings. The van der Waals surface area contributed by atoms with Gasteiger partial charge in [-0.15, -0.1) is 0 Å². The van der Waals surface area contributed by atoms with Crippen LogP contribution in [0.5, 0.6) is 11.5 Å². The maximum absolute atomic E-state index is 5.69. The summed E-state index contributed by atoms with van der Waals surface area (Å²) in [7, 11) is 0. The molecular formula is C116H139OSY-. The van der Waals surface area contributed by atoms with Crippen LogP contribution in [-0.2, 0) is 44.5 Å². The molecule has 0 bridgehead atoms. The van der Waals surface area contributed by atoms with Crippen molar-refractivity contribution < 1.29 is 37.4 Å². The number of rotatable bonds is 9. The first-order valence-corrected chi connectivity index (χ1v) is 41.4. The Morgan fingerprint density at radius 1 is 0.235 bits per heavy atom. The third-order valence-corrected chi connectivity index (χ3v) is 20.0. The van der Waals surface area contributed by atoms with Crippen molar-refractivity contribution in [1.82, 2.24) is 0 Å². The topological polar surface area (TPSA) is 9.23 Å². The molecule has 0 saturated heterocycles. The number of hydrogen-bond acceptors (Lipinski definition) is 2. The number of fused-ring (bicyclic) bond motifs is 1. The van der Waals surface area contributed by atoms with Gasteiger partial charge in [0.25, 0.3) is 0 Å². The van der Waals surface area contributed by atoms with Gasteiger partial charge in [0, 0.05) is 47.9 Å². The number of aryl methyl sites for hydroxylation is 18. The second-order valence-electron chi connectivity index (χ2n) is 31.2. The van der Waals surface area contributed by atoms with Crippen LogP contribution in [0.3, 0.4) is 0 Å². The van der Waals surface area contributed by atoms with Crippen molar-refractivity contribution in [2.75, 3.05) is 0 Å². The molecule has 0 atom stereocenters. The van der Waals surface area contributed by atoms with E-state index in [0.29, 0.717) is 0 Å². The molecule has 619 valence electrons. The Morgan fingerprint density at radius 2 is 0.429 bits per heavy atom. The van der Waals surface area contributed by atoms with E-state index in [2.05, 4.69) is 456 Å². The maximum Gasteiger partial charge on any atom is 0.127 e. The third kappa shape index (κ3) is 41.9. The summed E-state index contributed by atoms with van der Waals surface area (Å²) >= 11 is 1.80. The van der Waals surface area contributed by atoms with Gasteiger partial charge in [-0.25, -0.2) is 0 Å². The number of hydrogen-bond donors (Lipinski definition) is 0. The van der Waals surface area contributed by atoms with Crippen LogP contribution >= 0.6 is 11.8 Å². The zero-order chi connectivity index (χ0) is 83.7. The molecule has 15 aromatic carbocycles. The molecule has 3 heteroatoms. The van der Waals surface area contributed by atoms with Crippen molar-refractivity contribution in [3.05, 3.63) is 482 Å². The minimum Gasteiger partial charge on any atom is -0.457 e. The van der Waals surface area contributed by atoms with Crippen LogP contribution in [0.2, 0.25) is 0 Å². The number of benzene rings is 15. The van der Waals surface area contributed by atoms with Crippen molar-refractivity contribution in [2.24, 2.45) is 0 Å². The van der Waals surface area contributed by atoms with Crippen molar-refractivity contribution in [3.8, 4) is 22.6 Å². The maximum atomic E-state index is 5.69. The summed E-state index contributed by atoms with van der Waals surface area (Å²) in [4.78, 5) is 2.59.